The molecule has 0 bridgehead atoms. The number of fused-ring (bicyclic) bond motifs is 4. The number of aliphatic carboxylic acids is 1. The Morgan fingerprint density at radius 1 is 1.22 bits per heavy atom. The summed E-state index contributed by atoms with van der Waals surface area (Å²) in [6.07, 6.45) is 4.86. The number of carboxylic acid groups (broad SMARTS) is 1. The molecule has 0 fully saturated rings. The molecular weight excluding hydrogens is 336 g/mol. The van der Waals surface area contributed by atoms with Crippen molar-refractivity contribution in [3.63, 3.8) is 0 Å². The highest BCUT2D eigenvalue weighted by atomic mass is 35.5. The van der Waals surface area contributed by atoms with E-state index >= 15 is 0 Å². The van der Waals surface area contributed by atoms with Gasteiger partial charge in [0.05, 0.1) is 20.9 Å². The minimum Gasteiger partial charge on any atom is -0.478 e. The number of carbonyl (C=O) groups is 1. The fraction of sp³-hybridized carbons (Fsp3) is 0.438. The lowest BCUT2D eigenvalue weighted by molar-refractivity contribution is -0.132. The molecule has 1 aliphatic heterocycles. The first kappa shape index (κ1) is 14.9. The van der Waals surface area contributed by atoms with Crippen molar-refractivity contribution in [2.24, 2.45) is 0 Å². The predicted octanol–water partition coefficient (Wildman–Crippen LogP) is 3.17. The van der Waals surface area contributed by atoms with Crippen molar-refractivity contribution in [3.8, 4) is 0 Å². The molecule has 0 spiro atoms. The topological polar surface area (TPSA) is 72.2 Å². The number of hydrogen-bond donors (Lipinski definition) is 1. The Hall–Kier alpha value is -1.66. The summed E-state index contributed by atoms with van der Waals surface area (Å²) in [5.74, 6) is -0.143. The highest BCUT2D eigenvalue weighted by Crippen LogP contribution is 2.42. The lowest BCUT2D eigenvalue weighted by Gasteiger charge is -2.14. The number of hydrogen-bond acceptors (Lipinski definition) is 4. The van der Waals surface area contributed by atoms with Crippen LogP contribution in [-0.2, 0) is 24.2 Å². The molecule has 4 rings (SSSR count). The van der Waals surface area contributed by atoms with Gasteiger partial charge in [-0.2, -0.15) is 0 Å². The molecule has 5 nitrogen and oxygen atoms in total. The lowest BCUT2D eigenvalue weighted by atomic mass is 9.96. The summed E-state index contributed by atoms with van der Waals surface area (Å²) in [7, 11) is 0. The third-order valence-electron chi connectivity index (χ3n) is 4.62. The highest BCUT2D eigenvalue weighted by molar-refractivity contribution is 7.20. The molecule has 7 heteroatoms. The Balaban J connectivity index is 2.00. The lowest BCUT2D eigenvalue weighted by Crippen LogP contribution is -2.24. The molecule has 2 aliphatic rings. The van der Waals surface area contributed by atoms with Crippen LogP contribution in [0.5, 0.6) is 0 Å². The fourth-order valence-electron chi connectivity index (χ4n) is 3.45. The van der Waals surface area contributed by atoms with Crippen molar-refractivity contribution in [2.75, 3.05) is 0 Å². The maximum Gasteiger partial charge on any atom is 0.333 e. The van der Waals surface area contributed by atoms with Crippen LogP contribution in [0.4, 0.5) is 0 Å². The van der Waals surface area contributed by atoms with Gasteiger partial charge < -0.3 is 5.11 Å². The van der Waals surface area contributed by atoms with Crippen molar-refractivity contribution in [1.82, 2.24) is 9.55 Å². The van der Waals surface area contributed by atoms with Crippen LogP contribution in [0.1, 0.15) is 41.9 Å². The van der Waals surface area contributed by atoms with Gasteiger partial charge in [-0.3, -0.25) is 9.36 Å². The molecule has 1 aliphatic carbocycles. The van der Waals surface area contributed by atoms with E-state index < -0.39 is 5.97 Å². The number of aromatic nitrogens is 2. The summed E-state index contributed by atoms with van der Waals surface area (Å²) in [6.45, 7) is 0.714. The molecule has 0 amide bonds. The third-order valence-corrected chi connectivity index (χ3v) is 6.29. The van der Waals surface area contributed by atoms with Crippen LogP contribution in [0.3, 0.4) is 0 Å². The molecule has 23 heavy (non-hydrogen) atoms. The molecule has 0 aromatic carbocycles. The van der Waals surface area contributed by atoms with Gasteiger partial charge in [-0.05, 0) is 31.2 Å². The van der Waals surface area contributed by atoms with E-state index in [1.165, 1.54) is 11.3 Å². The molecular formula is C16H15ClN2O3S. The van der Waals surface area contributed by atoms with Crippen molar-refractivity contribution in [2.45, 2.75) is 45.1 Å². The Kier molecular flexibility index (Phi) is 3.54. The maximum absolute atomic E-state index is 12.9. The largest absolute Gasteiger partial charge is 0.478 e. The summed E-state index contributed by atoms with van der Waals surface area (Å²) >= 11 is 7.64. The van der Waals surface area contributed by atoms with Gasteiger partial charge in [-0.15, -0.1) is 11.3 Å². The molecule has 0 unspecified atom stereocenters. The molecule has 2 aromatic heterocycles. The Morgan fingerprint density at radius 3 is 2.83 bits per heavy atom. The molecule has 0 saturated carbocycles. The molecule has 120 valence electrons. The standard InChI is InChI=1S/C16H15ClN2O3S/c17-12-9(16(21)22)6-5-8-11-14(23-13(8)12)18-10-4-2-1-3-7-19(10)15(11)20/h1-7H2,(H,21,22). The minimum absolute atomic E-state index is 0.00708. The van der Waals surface area contributed by atoms with E-state index in [-0.39, 0.29) is 16.2 Å². The zero-order valence-corrected chi connectivity index (χ0v) is 14.0. The first-order valence-corrected chi connectivity index (χ1v) is 8.94. The summed E-state index contributed by atoms with van der Waals surface area (Å²) in [5, 5.41) is 10.2. The van der Waals surface area contributed by atoms with Crippen LogP contribution < -0.4 is 5.56 Å². The van der Waals surface area contributed by atoms with E-state index in [1.54, 1.807) is 4.57 Å². The zero-order valence-electron chi connectivity index (χ0n) is 12.4. The molecule has 0 saturated heterocycles. The quantitative estimate of drug-likeness (QED) is 0.857. The van der Waals surface area contributed by atoms with Gasteiger partial charge in [-0.1, -0.05) is 18.0 Å². The summed E-state index contributed by atoms with van der Waals surface area (Å²) in [5.41, 5.74) is 1.11. The average molecular weight is 351 g/mol. The van der Waals surface area contributed by atoms with Gasteiger partial charge in [0.1, 0.15) is 10.7 Å². The van der Waals surface area contributed by atoms with Gasteiger partial charge in [-0.25, -0.2) is 9.78 Å². The van der Waals surface area contributed by atoms with Crippen LogP contribution in [0.2, 0.25) is 0 Å². The summed E-state index contributed by atoms with van der Waals surface area (Å²) in [6, 6.07) is 0. The normalized spacial score (nSPS) is 17.8. The zero-order chi connectivity index (χ0) is 16.1. The second-order valence-electron chi connectivity index (χ2n) is 5.98. The maximum atomic E-state index is 12.9. The van der Waals surface area contributed by atoms with Gasteiger partial charge in [0.2, 0.25) is 0 Å². The Bertz CT molecular complexity index is 926. The number of aryl methyl sites for hydroxylation is 2. The van der Waals surface area contributed by atoms with Crippen LogP contribution >= 0.6 is 22.9 Å². The minimum atomic E-state index is -0.987. The smallest absolute Gasteiger partial charge is 0.333 e. The van der Waals surface area contributed by atoms with E-state index in [0.29, 0.717) is 34.5 Å². The third kappa shape index (κ3) is 2.23. The molecule has 1 N–H and O–H groups in total. The molecule has 0 radical (unpaired) electrons. The van der Waals surface area contributed by atoms with Crippen molar-refractivity contribution >= 4 is 44.2 Å². The van der Waals surface area contributed by atoms with Crippen LogP contribution in [-0.4, -0.2) is 20.6 Å². The predicted molar refractivity (Wildman–Crippen MR) is 90.2 cm³/mol. The Labute approximate surface area is 141 Å². The van der Waals surface area contributed by atoms with Gasteiger partial charge in [0.15, 0.2) is 0 Å². The molecule has 2 aromatic rings. The first-order valence-electron chi connectivity index (χ1n) is 7.75. The van der Waals surface area contributed by atoms with Gasteiger partial charge in [0.25, 0.3) is 5.56 Å². The van der Waals surface area contributed by atoms with Crippen LogP contribution in [0.15, 0.2) is 10.4 Å². The van der Waals surface area contributed by atoms with E-state index in [2.05, 4.69) is 0 Å². The monoisotopic (exact) mass is 350 g/mol. The van der Waals surface area contributed by atoms with E-state index in [9.17, 15) is 14.7 Å². The second kappa shape index (κ2) is 5.46. The SMILES string of the molecule is O=C(O)C1=C(Cl)c2sc3nc4n(c(=O)c3c2CC1)CCCCC4. The van der Waals surface area contributed by atoms with Crippen molar-refractivity contribution < 1.29 is 9.90 Å². The van der Waals surface area contributed by atoms with E-state index in [1.807, 2.05) is 0 Å². The number of thiophene rings is 1. The summed E-state index contributed by atoms with van der Waals surface area (Å²) < 4.78 is 1.80. The van der Waals surface area contributed by atoms with Crippen molar-refractivity contribution in [1.29, 1.82) is 0 Å². The van der Waals surface area contributed by atoms with Gasteiger partial charge >= 0.3 is 5.97 Å². The summed E-state index contributed by atoms with van der Waals surface area (Å²) in [4.78, 5) is 30.3. The van der Waals surface area contributed by atoms with E-state index in [0.717, 1.165) is 37.1 Å². The number of rotatable bonds is 1. The Morgan fingerprint density at radius 2 is 2.04 bits per heavy atom. The van der Waals surface area contributed by atoms with Crippen LogP contribution in [0.25, 0.3) is 15.2 Å². The first-order chi connectivity index (χ1) is 11.1. The fourth-order valence-corrected chi connectivity index (χ4v) is 5.05. The van der Waals surface area contributed by atoms with Crippen LogP contribution in [0, 0.1) is 0 Å². The van der Waals surface area contributed by atoms with Gasteiger partial charge in [0, 0.05) is 13.0 Å². The van der Waals surface area contributed by atoms with Crippen molar-refractivity contribution in [3.05, 3.63) is 32.2 Å². The molecule has 0 atom stereocenters. The number of carboxylic acids is 1. The average Bonchev–Trinajstić information content (AvgIpc) is 2.72. The van der Waals surface area contributed by atoms with E-state index in [4.69, 9.17) is 16.6 Å². The second-order valence-corrected chi connectivity index (χ2v) is 7.36. The number of halogens is 1. The highest BCUT2D eigenvalue weighted by Gasteiger charge is 2.28. The number of nitrogens with zero attached hydrogens (tertiary/aromatic N) is 2. The molecule has 3 heterocycles.